The molecule has 108 valence electrons. The molecule has 0 bridgehead atoms. The van der Waals surface area contributed by atoms with Gasteiger partial charge in [-0.3, -0.25) is 0 Å². The Bertz CT molecular complexity index is 789. The Kier molecular flexibility index (Phi) is 3.43. The van der Waals surface area contributed by atoms with E-state index in [1.165, 1.54) is 0 Å². The van der Waals surface area contributed by atoms with Gasteiger partial charge in [0.1, 0.15) is 17.3 Å². The van der Waals surface area contributed by atoms with E-state index in [1.807, 2.05) is 32.0 Å². The van der Waals surface area contributed by atoms with Crippen molar-refractivity contribution in [1.29, 1.82) is 0 Å². The second kappa shape index (κ2) is 5.26. The molecule has 0 saturated carbocycles. The molecule has 0 amide bonds. The number of furan rings is 1. The molecule has 0 aliphatic heterocycles. The van der Waals surface area contributed by atoms with Gasteiger partial charge in [0.25, 0.3) is 0 Å². The van der Waals surface area contributed by atoms with E-state index in [9.17, 15) is 0 Å². The molecule has 0 spiro atoms. The zero-order valence-electron chi connectivity index (χ0n) is 12.5. The van der Waals surface area contributed by atoms with Crippen molar-refractivity contribution in [3.63, 3.8) is 0 Å². The number of benzene rings is 2. The molecular weight excluding hydrogens is 262 g/mol. The first-order chi connectivity index (χ1) is 10.1. The van der Waals surface area contributed by atoms with Gasteiger partial charge in [-0.2, -0.15) is 0 Å². The lowest BCUT2D eigenvalue weighted by Gasteiger charge is -2.12. The van der Waals surface area contributed by atoms with E-state index in [0.717, 1.165) is 39.2 Å². The van der Waals surface area contributed by atoms with Crippen molar-refractivity contribution in [3.8, 4) is 5.75 Å². The van der Waals surface area contributed by atoms with Gasteiger partial charge in [0.15, 0.2) is 0 Å². The number of methoxy groups -OCH3 is 1. The first-order valence-corrected chi connectivity index (χ1v) is 6.98. The summed E-state index contributed by atoms with van der Waals surface area (Å²) in [7, 11) is 1.68. The summed E-state index contributed by atoms with van der Waals surface area (Å²) in [6.07, 6.45) is 0. The van der Waals surface area contributed by atoms with E-state index in [-0.39, 0.29) is 6.04 Å². The van der Waals surface area contributed by atoms with Gasteiger partial charge in [0.05, 0.1) is 13.2 Å². The molecule has 0 saturated heterocycles. The van der Waals surface area contributed by atoms with E-state index in [4.69, 9.17) is 14.9 Å². The molecule has 21 heavy (non-hydrogen) atoms. The standard InChI is InChI=1S/C18H19NO2/c1-11-8-17(12(2)21-11)18(19)15-5-4-14-10-16(20-3)7-6-13(14)9-15/h4-10,18H,19H2,1-3H3. The molecule has 0 radical (unpaired) electrons. The normalized spacial score (nSPS) is 12.6. The van der Waals surface area contributed by atoms with Crippen molar-refractivity contribution in [3.05, 3.63) is 65.1 Å². The fraction of sp³-hybridized carbons (Fsp3) is 0.222. The molecule has 1 unspecified atom stereocenters. The molecule has 2 aromatic carbocycles. The van der Waals surface area contributed by atoms with Crippen molar-refractivity contribution >= 4 is 10.8 Å². The summed E-state index contributed by atoms with van der Waals surface area (Å²) in [5.41, 5.74) is 8.52. The van der Waals surface area contributed by atoms with Crippen LogP contribution in [0.2, 0.25) is 0 Å². The highest BCUT2D eigenvalue weighted by atomic mass is 16.5. The van der Waals surface area contributed by atoms with Crippen molar-refractivity contribution in [2.75, 3.05) is 7.11 Å². The fourth-order valence-electron chi connectivity index (χ4n) is 2.70. The number of rotatable bonds is 3. The second-order valence-corrected chi connectivity index (χ2v) is 5.32. The number of hydrogen-bond donors (Lipinski definition) is 1. The summed E-state index contributed by atoms with van der Waals surface area (Å²) in [6, 6.07) is 14.2. The molecule has 2 N–H and O–H groups in total. The van der Waals surface area contributed by atoms with Crippen molar-refractivity contribution < 1.29 is 9.15 Å². The quantitative estimate of drug-likeness (QED) is 0.786. The predicted octanol–water partition coefficient (Wildman–Crippen LogP) is 4.11. The van der Waals surface area contributed by atoms with E-state index >= 15 is 0 Å². The van der Waals surface area contributed by atoms with Crippen molar-refractivity contribution in [2.45, 2.75) is 19.9 Å². The molecule has 0 fully saturated rings. The molecule has 3 nitrogen and oxygen atoms in total. The van der Waals surface area contributed by atoms with Crippen LogP contribution in [0.1, 0.15) is 28.7 Å². The van der Waals surface area contributed by atoms with Gasteiger partial charge >= 0.3 is 0 Å². The van der Waals surface area contributed by atoms with Crippen LogP contribution in [-0.4, -0.2) is 7.11 Å². The van der Waals surface area contributed by atoms with Crippen LogP contribution in [0, 0.1) is 13.8 Å². The Labute approximate surface area is 124 Å². The van der Waals surface area contributed by atoms with Crippen LogP contribution < -0.4 is 10.5 Å². The van der Waals surface area contributed by atoms with Gasteiger partial charge in [-0.25, -0.2) is 0 Å². The number of fused-ring (bicyclic) bond motifs is 1. The average molecular weight is 281 g/mol. The zero-order chi connectivity index (χ0) is 15.0. The largest absolute Gasteiger partial charge is 0.497 e. The smallest absolute Gasteiger partial charge is 0.119 e. The number of hydrogen-bond acceptors (Lipinski definition) is 3. The molecule has 3 rings (SSSR count). The maximum atomic E-state index is 6.39. The molecule has 0 aliphatic carbocycles. The fourth-order valence-corrected chi connectivity index (χ4v) is 2.70. The minimum absolute atomic E-state index is 0.172. The van der Waals surface area contributed by atoms with Gasteiger partial charge in [-0.15, -0.1) is 0 Å². The van der Waals surface area contributed by atoms with Gasteiger partial charge < -0.3 is 14.9 Å². The van der Waals surface area contributed by atoms with Gasteiger partial charge in [0, 0.05) is 5.56 Å². The summed E-state index contributed by atoms with van der Waals surface area (Å²) < 4.78 is 10.8. The Balaban J connectivity index is 2.02. The third-order valence-electron chi connectivity index (χ3n) is 3.85. The molecular formula is C18H19NO2. The minimum Gasteiger partial charge on any atom is -0.497 e. The van der Waals surface area contributed by atoms with Crippen molar-refractivity contribution in [1.82, 2.24) is 0 Å². The van der Waals surface area contributed by atoms with E-state index in [0.29, 0.717) is 0 Å². The lowest BCUT2D eigenvalue weighted by atomic mass is 9.97. The van der Waals surface area contributed by atoms with Crippen molar-refractivity contribution in [2.24, 2.45) is 5.73 Å². The Morgan fingerprint density at radius 2 is 1.71 bits per heavy atom. The van der Waals surface area contributed by atoms with Crippen LogP contribution in [0.4, 0.5) is 0 Å². The lowest BCUT2D eigenvalue weighted by molar-refractivity contribution is 0.415. The van der Waals surface area contributed by atoms with Crippen LogP contribution >= 0.6 is 0 Å². The maximum absolute atomic E-state index is 6.39. The van der Waals surface area contributed by atoms with Gasteiger partial charge in [-0.1, -0.05) is 18.2 Å². The first-order valence-electron chi connectivity index (χ1n) is 6.98. The summed E-state index contributed by atoms with van der Waals surface area (Å²) in [4.78, 5) is 0. The van der Waals surface area contributed by atoms with E-state index < -0.39 is 0 Å². The second-order valence-electron chi connectivity index (χ2n) is 5.32. The third-order valence-corrected chi connectivity index (χ3v) is 3.85. The summed E-state index contributed by atoms with van der Waals surface area (Å²) in [6.45, 7) is 3.89. The molecule has 1 aromatic heterocycles. The SMILES string of the molecule is COc1ccc2cc(C(N)c3cc(C)oc3C)ccc2c1. The molecule has 0 aliphatic rings. The van der Waals surface area contributed by atoms with Crippen LogP contribution in [0.5, 0.6) is 5.75 Å². The predicted molar refractivity (Wildman–Crippen MR) is 84.7 cm³/mol. The maximum Gasteiger partial charge on any atom is 0.119 e. The Hall–Kier alpha value is -2.26. The highest BCUT2D eigenvalue weighted by molar-refractivity contribution is 5.84. The molecule has 3 heteroatoms. The van der Waals surface area contributed by atoms with Gasteiger partial charge in [-0.05, 0) is 54.4 Å². The first kappa shape index (κ1) is 13.7. The average Bonchev–Trinajstić information content (AvgIpc) is 2.84. The Morgan fingerprint density at radius 3 is 2.38 bits per heavy atom. The van der Waals surface area contributed by atoms with Crippen LogP contribution in [-0.2, 0) is 0 Å². The minimum atomic E-state index is -0.172. The summed E-state index contributed by atoms with van der Waals surface area (Å²) in [5.74, 6) is 2.64. The van der Waals surface area contributed by atoms with Crippen LogP contribution in [0.15, 0.2) is 46.9 Å². The Morgan fingerprint density at radius 1 is 1.00 bits per heavy atom. The summed E-state index contributed by atoms with van der Waals surface area (Å²) in [5, 5.41) is 2.30. The zero-order valence-corrected chi connectivity index (χ0v) is 12.5. The third kappa shape index (κ3) is 2.52. The van der Waals surface area contributed by atoms with Crippen LogP contribution in [0.3, 0.4) is 0 Å². The topological polar surface area (TPSA) is 48.4 Å². The molecule has 1 heterocycles. The highest BCUT2D eigenvalue weighted by Gasteiger charge is 2.15. The lowest BCUT2D eigenvalue weighted by Crippen LogP contribution is -2.11. The van der Waals surface area contributed by atoms with E-state index in [2.05, 4.69) is 24.3 Å². The monoisotopic (exact) mass is 281 g/mol. The number of nitrogens with two attached hydrogens (primary N) is 1. The molecule has 3 aromatic rings. The number of aryl methyl sites for hydroxylation is 2. The van der Waals surface area contributed by atoms with Gasteiger partial charge in [0.2, 0.25) is 0 Å². The molecule has 1 atom stereocenters. The summed E-state index contributed by atoms with van der Waals surface area (Å²) >= 11 is 0. The van der Waals surface area contributed by atoms with Crippen LogP contribution in [0.25, 0.3) is 10.8 Å². The number of ether oxygens (including phenoxy) is 1. The van der Waals surface area contributed by atoms with E-state index in [1.54, 1.807) is 7.11 Å². The highest BCUT2D eigenvalue weighted by Crippen LogP contribution is 2.29.